The molecule has 0 aliphatic carbocycles. The number of fused-ring (bicyclic) bond motifs is 1. The summed E-state index contributed by atoms with van der Waals surface area (Å²) in [5, 5.41) is 8.52. The van der Waals surface area contributed by atoms with Crippen LogP contribution in [0.3, 0.4) is 0 Å². The lowest BCUT2D eigenvalue weighted by Gasteiger charge is -2.21. The molecule has 0 bridgehead atoms. The first-order valence-corrected chi connectivity index (χ1v) is 12.0. The van der Waals surface area contributed by atoms with Crippen LogP contribution in [0.15, 0.2) is 105 Å². The van der Waals surface area contributed by atoms with E-state index in [4.69, 9.17) is 31.1 Å². The molecule has 0 N–H and O–H groups in total. The molecule has 0 spiro atoms. The fraction of sp³-hybridized carbons (Fsp3) is 0.0741. The number of nitrogens with zero attached hydrogens (tertiary/aromatic N) is 4. The van der Waals surface area contributed by atoms with Crippen molar-refractivity contribution in [1.82, 2.24) is 9.97 Å². The van der Waals surface area contributed by atoms with Crippen molar-refractivity contribution in [3.8, 4) is 11.3 Å². The first kappa shape index (κ1) is 21.1. The molecular formula is C27H18BrClN4O. The van der Waals surface area contributed by atoms with Crippen molar-refractivity contribution in [2.24, 2.45) is 5.10 Å². The second-order valence-corrected chi connectivity index (χ2v) is 9.39. The second kappa shape index (κ2) is 8.70. The molecule has 3 heterocycles. The summed E-state index contributed by atoms with van der Waals surface area (Å²) in [6.07, 6.45) is 2.36. The molecule has 0 unspecified atom stereocenters. The van der Waals surface area contributed by atoms with Gasteiger partial charge < -0.3 is 4.42 Å². The van der Waals surface area contributed by atoms with E-state index in [-0.39, 0.29) is 6.04 Å². The Morgan fingerprint density at radius 3 is 2.53 bits per heavy atom. The molecule has 0 fully saturated rings. The maximum Gasteiger partial charge on any atom is 0.248 e. The van der Waals surface area contributed by atoms with Crippen LogP contribution in [0.5, 0.6) is 0 Å². The Balaban J connectivity index is 1.52. The van der Waals surface area contributed by atoms with Gasteiger partial charge in [0, 0.05) is 26.9 Å². The van der Waals surface area contributed by atoms with Crippen LogP contribution >= 0.6 is 27.5 Å². The van der Waals surface area contributed by atoms with Crippen molar-refractivity contribution >= 4 is 50.1 Å². The standard InChI is InChI=1S/C27H18BrClN4O/c28-19-6-3-5-18(15-19)23-16-24(25-9-4-14-34-25)33(32-23)27-30-22-8-2-1-7-21(22)26(31-27)17-10-12-20(29)13-11-17/h1-15,24H,16H2/t24-/m0/s1. The average molecular weight is 530 g/mol. The summed E-state index contributed by atoms with van der Waals surface area (Å²) in [6, 6.07) is 27.6. The number of rotatable bonds is 4. The van der Waals surface area contributed by atoms with Gasteiger partial charge in [0.05, 0.1) is 23.2 Å². The highest BCUT2D eigenvalue weighted by molar-refractivity contribution is 9.10. The van der Waals surface area contributed by atoms with Gasteiger partial charge in [-0.1, -0.05) is 70.0 Å². The maximum absolute atomic E-state index is 6.14. The molecule has 3 aromatic carbocycles. The van der Waals surface area contributed by atoms with Crippen LogP contribution in [0.2, 0.25) is 5.02 Å². The summed E-state index contributed by atoms with van der Waals surface area (Å²) in [5.41, 5.74) is 4.65. The molecule has 0 saturated heterocycles. The lowest BCUT2D eigenvalue weighted by molar-refractivity contribution is 0.463. The summed E-state index contributed by atoms with van der Waals surface area (Å²) in [4.78, 5) is 9.90. The largest absolute Gasteiger partial charge is 0.467 e. The van der Waals surface area contributed by atoms with E-state index >= 15 is 0 Å². The van der Waals surface area contributed by atoms with Crippen molar-refractivity contribution < 1.29 is 4.42 Å². The number of benzene rings is 3. The number of halogens is 2. The second-order valence-electron chi connectivity index (χ2n) is 8.03. The zero-order valence-electron chi connectivity index (χ0n) is 17.9. The number of hydrazone groups is 1. The Morgan fingerprint density at radius 2 is 1.74 bits per heavy atom. The fourth-order valence-corrected chi connectivity index (χ4v) is 4.76. The number of aromatic nitrogens is 2. The van der Waals surface area contributed by atoms with E-state index in [9.17, 15) is 0 Å². The molecular weight excluding hydrogens is 512 g/mol. The smallest absolute Gasteiger partial charge is 0.248 e. The van der Waals surface area contributed by atoms with Gasteiger partial charge in [0.15, 0.2) is 0 Å². The molecule has 7 heteroatoms. The summed E-state index contributed by atoms with van der Waals surface area (Å²) < 4.78 is 6.81. The van der Waals surface area contributed by atoms with Gasteiger partial charge >= 0.3 is 0 Å². The van der Waals surface area contributed by atoms with Gasteiger partial charge in [-0.25, -0.2) is 15.0 Å². The normalized spacial score (nSPS) is 15.6. The molecule has 34 heavy (non-hydrogen) atoms. The maximum atomic E-state index is 6.14. The van der Waals surface area contributed by atoms with E-state index < -0.39 is 0 Å². The van der Waals surface area contributed by atoms with E-state index in [1.54, 1.807) is 6.26 Å². The molecule has 6 rings (SSSR count). The van der Waals surface area contributed by atoms with Crippen molar-refractivity contribution in [1.29, 1.82) is 0 Å². The molecule has 0 amide bonds. The van der Waals surface area contributed by atoms with E-state index in [0.29, 0.717) is 17.4 Å². The lowest BCUT2D eigenvalue weighted by atomic mass is 10.0. The number of para-hydroxylation sites is 1. The third-order valence-corrected chi connectivity index (χ3v) is 6.60. The van der Waals surface area contributed by atoms with Crippen LogP contribution in [0.4, 0.5) is 5.95 Å². The van der Waals surface area contributed by atoms with Crippen LogP contribution in [-0.2, 0) is 0 Å². The third-order valence-electron chi connectivity index (χ3n) is 5.85. The SMILES string of the molecule is Clc1ccc(-c2nc(N3N=C(c4cccc(Br)c4)C[C@H]3c3ccco3)nc3ccccc23)cc1. The summed E-state index contributed by atoms with van der Waals surface area (Å²) in [7, 11) is 0. The molecule has 5 aromatic rings. The third kappa shape index (κ3) is 3.89. The molecule has 166 valence electrons. The highest BCUT2D eigenvalue weighted by Gasteiger charge is 2.34. The Kier molecular flexibility index (Phi) is 5.40. The van der Waals surface area contributed by atoms with Crippen LogP contribution in [0, 0.1) is 0 Å². The van der Waals surface area contributed by atoms with Gasteiger partial charge in [0.1, 0.15) is 11.8 Å². The predicted molar refractivity (Wildman–Crippen MR) is 139 cm³/mol. The zero-order chi connectivity index (χ0) is 23.1. The molecule has 0 radical (unpaired) electrons. The van der Waals surface area contributed by atoms with Gasteiger partial charge in [-0.15, -0.1) is 0 Å². The van der Waals surface area contributed by atoms with Gasteiger partial charge in [0.25, 0.3) is 0 Å². The predicted octanol–water partition coefficient (Wildman–Crippen LogP) is 7.66. The minimum atomic E-state index is -0.150. The van der Waals surface area contributed by atoms with Crippen molar-refractivity contribution in [3.05, 3.63) is 112 Å². The summed E-state index contributed by atoms with van der Waals surface area (Å²) in [6.45, 7) is 0. The Hall–Kier alpha value is -3.48. The van der Waals surface area contributed by atoms with Crippen molar-refractivity contribution in [2.75, 3.05) is 5.01 Å². The van der Waals surface area contributed by atoms with Crippen LogP contribution in [0.1, 0.15) is 23.8 Å². The van der Waals surface area contributed by atoms with Gasteiger partial charge in [-0.3, -0.25) is 0 Å². The number of hydrogen-bond acceptors (Lipinski definition) is 5. The molecule has 1 aliphatic heterocycles. The van der Waals surface area contributed by atoms with E-state index in [1.807, 2.05) is 77.8 Å². The average Bonchev–Trinajstić information content (AvgIpc) is 3.54. The van der Waals surface area contributed by atoms with Gasteiger partial charge in [0.2, 0.25) is 5.95 Å². The Bertz CT molecular complexity index is 1520. The zero-order valence-corrected chi connectivity index (χ0v) is 20.2. The van der Waals surface area contributed by atoms with Gasteiger partial charge in [-0.05, 0) is 48.0 Å². The van der Waals surface area contributed by atoms with Crippen LogP contribution in [-0.4, -0.2) is 15.7 Å². The monoisotopic (exact) mass is 528 g/mol. The molecule has 1 atom stereocenters. The van der Waals surface area contributed by atoms with E-state index in [2.05, 4.69) is 28.1 Å². The number of hydrogen-bond donors (Lipinski definition) is 0. The van der Waals surface area contributed by atoms with Crippen molar-refractivity contribution in [3.63, 3.8) is 0 Å². The quantitative estimate of drug-likeness (QED) is 0.240. The minimum Gasteiger partial charge on any atom is -0.467 e. The summed E-state index contributed by atoms with van der Waals surface area (Å²) in [5.74, 6) is 1.34. The molecule has 0 saturated carbocycles. The van der Waals surface area contributed by atoms with E-state index in [0.717, 1.165) is 43.7 Å². The highest BCUT2D eigenvalue weighted by Crippen LogP contribution is 2.38. The highest BCUT2D eigenvalue weighted by atomic mass is 79.9. The lowest BCUT2D eigenvalue weighted by Crippen LogP contribution is -2.20. The van der Waals surface area contributed by atoms with Crippen LogP contribution in [0.25, 0.3) is 22.2 Å². The molecule has 5 nitrogen and oxygen atoms in total. The van der Waals surface area contributed by atoms with Crippen LogP contribution < -0.4 is 5.01 Å². The topological polar surface area (TPSA) is 54.5 Å². The molecule has 2 aromatic heterocycles. The fourth-order valence-electron chi connectivity index (χ4n) is 4.23. The van der Waals surface area contributed by atoms with Gasteiger partial charge in [-0.2, -0.15) is 5.10 Å². The first-order valence-electron chi connectivity index (χ1n) is 10.8. The Morgan fingerprint density at radius 1 is 0.882 bits per heavy atom. The number of furan rings is 1. The van der Waals surface area contributed by atoms with Crippen molar-refractivity contribution in [2.45, 2.75) is 12.5 Å². The number of anilines is 1. The molecule has 1 aliphatic rings. The summed E-state index contributed by atoms with van der Waals surface area (Å²) >= 11 is 9.71. The van der Waals surface area contributed by atoms with E-state index in [1.165, 1.54) is 0 Å². The Labute approximate surface area is 209 Å². The minimum absolute atomic E-state index is 0.150. The first-order chi connectivity index (χ1) is 16.7.